The van der Waals surface area contributed by atoms with Gasteiger partial charge in [-0.15, -0.1) is 0 Å². The summed E-state index contributed by atoms with van der Waals surface area (Å²) >= 11 is 1.54. The Kier molecular flexibility index (Phi) is 8.98. The van der Waals surface area contributed by atoms with Gasteiger partial charge < -0.3 is 19.4 Å². The predicted molar refractivity (Wildman–Crippen MR) is 147 cm³/mol. The third-order valence-electron chi connectivity index (χ3n) is 5.97. The molecule has 0 fully saturated rings. The van der Waals surface area contributed by atoms with Gasteiger partial charge in [0.15, 0.2) is 5.16 Å². The van der Waals surface area contributed by atoms with Gasteiger partial charge in [0, 0.05) is 36.9 Å². The van der Waals surface area contributed by atoms with Gasteiger partial charge >= 0.3 is 0 Å². The number of aromatic nitrogens is 2. The monoisotopic (exact) mass is 519 g/mol. The molecule has 8 heteroatoms. The van der Waals surface area contributed by atoms with Crippen LogP contribution in [0.1, 0.15) is 12.0 Å². The molecule has 0 radical (unpaired) electrons. The molecule has 6 nitrogen and oxygen atoms in total. The Morgan fingerprint density at radius 3 is 2.46 bits per heavy atom. The Labute approximate surface area is 220 Å². The maximum Gasteiger partial charge on any atom is 0.224 e. The van der Waals surface area contributed by atoms with E-state index < -0.39 is 0 Å². The Morgan fingerprint density at radius 2 is 1.78 bits per heavy atom. The number of carbonyl (C=O) groups excluding carboxylic acids is 1. The minimum absolute atomic E-state index is 0.0654. The van der Waals surface area contributed by atoms with Crippen molar-refractivity contribution in [2.24, 2.45) is 0 Å². The topological polar surface area (TPSA) is 65.4 Å². The number of rotatable bonds is 11. The van der Waals surface area contributed by atoms with Crippen LogP contribution in [0.2, 0.25) is 0 Å². The van der Waals surface area contributed by atoms with Crippen LogP contribution in [0.5, 0.6) is 5.75 Å². The van der Waals surface area contributed by atoms with Gasteiger partial charge in [-0.1, -0.05) is 36.0 Å². The molecule has 0 atom stereocenters. The van der Waals surface area contributed by atoms with E-state index in [1.807, 2.05) is 54.8 Å². The van der Waals surface area contributed by atoms with Crippen LogP contribution in [0, 0.1) is 5.82 Å². The highest BCUT2D eigenvalue weighted by molar-refractivity contribution is 7.98. The third-order valence-corrected chi connectivity index (χ3v) is 6.65. The number of thioether (sulfide) groups is 1. The molecule has 1 N–H and O–H groups in total. The summed E-state index contributed by atoms with van der Waals surface area (Å²) in [5, 5.41) is 3.86. The molecule has 0 aliphatic heterocycles. The van der Waals surface area contributed by atoms with Gasteiger partial charge in [-0.2, -0.15) is 0 Å². The lowest BCUT2D eigenvalue weighted by atomic mass is 10.0. The number of hydrogen-bond donors (Lipinski definition) is 1. The number of aryl methyl sites for hydroxylation is 1. The highest BCUT2D eigenvalue weighted by Crippen LogP contribution is 2.36. The summed E-state index contributed by atoms with van der Waals surface area (Å²) in [5.74, 6) is 0.428. The molecule has 0 saturated carbocycles. The van der Waals surface area contributed by atoms with E-state index in [2.05, 4.69) is 9.88 Å². The molecule has 0 unspecified atom stereocenters. The smallest absolute Gasteiger partial charge is 0.224 e. The lowest BCUT2D eigenvalue weighted by Crippen LogP contribution is -2.12. The lowest BCUT2D eigenvalue weighted by molar-refractivity contribution is -0.116. The number of amides is 1. The number of benzene rings is 3. The first-order chi connectivity index (χ1) is 18.0. The van der Waals surface area contributed by atoms with Gasteiger partial charge in [-0.25, -0.2) is 9.37 Å². The molecular weight excluding hydrogens is 489 g/mol. The van der Waals surface area contributed by atoms with Gasteiger partial charge in [0.25, 0.3) is 0 Å². The zero-order chi connectivity index (χ0) is 26.2. The van der Waals surface area contributed by atoms with Crippen LogP contribution in [0.3, 0.4) is 0 Å². The first-order valence-corrected chi connectivity index (χ1v) is 13.2. The van der Waals surface area contributed by atoms with E-state index in [9.17, 15) is 9.18 Å². The predicted octanol–water partition coefficient (Wildman–Crippen LogP) is 6.30. The fourth-order valence-corrected chi connectivity index (χ4v) is 4.68. The van der Waals surface area contributed by atoms with E-state index in [0.29, 0.717) is 31.7 Å². The Bertz CT molecular complexity index is 1340. The van der Waals surface area contributed by atoms with Crippen molar-refractivity contribution in [1.82, 2.24) is 9.55 Å². The van der Waals surface area contributed by atoms with Crippen molar-refractivity contribution in [2.75, 3.05) is 32.4 Å². The summed E-state index contributed by atoms with van der Waals surface area (Å²) < 4.78 is 26.3. The molecule has 4 aromatic rings. The molecule has 1 amide bonds. The molecule has 0 spiro atoms. The second-order valence-corrected chi connectivity index (χ2v) is 9.20. The molecule has 37 heavy (non-hydrogen) atoms. The molecule has 0 saturated heterocycles. The van der Waals surface area contributed by atoms with E-state index in [-0.39, 0.29) is 11.7 Å². The number of imidazole rings is 1. The lowest BCUT2D eigenvalue weighted by Gasteiger charge is -2.13. The maximum atomic E-state index is 13.6. The van der Waals surface area contributed by atoms with Gasteiger partial charge in [-0.05, 0) is 66.8 Å². The van der Waals surface area contributed by atoms with Crippen molar-refractivity contribution in [3.63, 3.8) is 0 Å². The first-order valence-electron chi connectivity index (χ1n) is 11.9. The Balaban J connectivity index is 1.60. The van der Waals surface area contributed by atoms with Crippen LogP contribution in [0.15, 0.2) is 78.0 Å². The molecule has 0 aliphatic carbocycles. The quantitative estimate of drug-likeness (QED) is 0.236. The molecule has 192 valence electrons. The summed E-state index contributed by atoms with van der Waals surface area (Å²) in [6.07, 6.45) is 2.97. The highest BCUT2D eigenvalue weighted by atomic mass is 32.2. The zero-order valence-corrected chi connectivity index (χ0v) is 22.0. The van der Waals surface area contributed by atoms with Crippen molar-refractivity contribution >= 4 is 23.4 Å². The molecule has 4 rings (SSSR count). The van der Waals surface area contributed by atoms with E-state index in [1.165, 1.54) is 23.9 Å². The largest absolute Gasteiger partial charge is 0.497 e. The van der Waals surface area contributed by atoms with Crippen LogP contribution < -0.4 is 10.1 Å². The second kappa shape index (κ2) is 12.6. The summed E-state index contributed by atoms with van der Waals surface area (Å²) in [7, 11) is 3.30. The van der Waals surface area contributed by atoms with Gasteiger partial charge in [0.1, 0.15) is 11.6 Å². The SMILES string of the molecule is COCCn1c(SC)nc(-c2ccc(F)cc2)c1-c1cccc(NC(=O)CCc2ccc(OC)cc2)c1. The number of halogens is 1. The van der Waals surface area contributed by atoms with E-state index in [1.54, 1.807) is 26.4 Å². The number of carbonyl (C=O) groups is 1. The van der Waals surface area contributed by atoms with Crippen LogP contribution >= 0.6 is 11.8 Å². The minimum atomic E-state index is -0.298. The van der Waals surface area contributed by atoms with Gasteiger partial charge in [-0.3, -0.25) is 4.79 Å². The molecular formula is C29H30FN3O3S. The standard InChI is InChI=1S/C29H30FN3O3S/c1-35-18-17-33-28(27(32-29(33)37-3)21-10-12-23(30)13-11-21)22-5-4-6-24(19-22)31-26(34)16-9-20-7-14-25(36-2)15-8-20/h4-8,10-15,19H,9,16-18H2,1-3H3,(H,31,34). The van der Waals surface area contributed by atoms with Gasteiger partial charge in [0.05, 0.1) is 25.1 Å². The van der Waals surface area contributed by atoms with Crippen LogP contribution in [-0.2, 0) is 22.5 Å². The summed E-state index contributed by atoms with van der Waals surface area (Å²) in [6, 6.07) is 21.8. The number of hydrogen-bond acceptors (Lipinski definition) is 5. The molecule has 0 aliphatic rings. The molecule has 3 aromatic carbocycles. The fourth-order valence-electron chi connectivity index (χ4n) is 4.10. The molecule has 0 bridgehead atoms. The summed E-state index contributed by atoms with van der Waals surface area (Å²) in [4.78, 5) is 17.6. The molecule has 1 heterocycles. The van der Waals surface area contributed by atoms with Crippen LogP contribution in [-0.4, -0.2) is 42.5 Å². The van der Waals surface area contributed by atoms with Gasteiger partial charge in [0.2, 0.25) is 5.91 Å². The highest BCUT2D eigenvalue weighted by Gasteiger charge is 2.20. The van der Waals surface area contributed by atoms with E-state index in [0.717, 1.165) is 39.0 Å². The van der Waals surface area contributed by atoms with Crippen molar-refractivity contribution in [3.8, 4) is 28.3 Å². The normalized spacial score (nSPS) is 10.9. The zero-order valence-electron chi connectivity index (χ0n) is 21.2. The third kappa shape index (κ3) is 6.58. The van der Waals surface area contributed by atoms with E-state index in [4.69, 9.17) is 14.5 Å². The fraction of sp³-hybridized carbons (Fsp3) is 0.241. The summed E-state index contributed by atoms with van der Waals surface area (Å²) in [5.41, 5.74) is 5.13. The van der Waals surface area contributed by atoms with Crippen LogP contribution in [0.25, 0.3) is 22.5 Å². The number of ether oxygens (including phenoxy) is 2. The summed E-state index contributed by atoms with van der Waals surface area (Å²) in [6.45, 7) is 1.12. The minimum Gasteiger partial charge on any atom is -0.497 e. The van der Waals surface area contributed by atoms with Crippen molar-refractivity contribution in [1.29, 1.82) is 0 Å². The average molecular weight is 520 g/mol. The maximum absolute atomic E-state index is 13.6. The van der Waals surface area contributed by atoms with Crippen LogP contribution in [0.4, 0.5) is 10.1 Å². The van der Waals surface area contributed by atoms with E-state index >= 15 is 0 Å². The Morgan fingerprint density at radius 1 is 1.03 bits per heavy atom. The van der Waals surface area contributed by atoms with Crippen molar-refractivity contribution < 1.29 is 18.7 Å². The Hall–Kier alpha value is -3.62. The van der Waals surface area contributed by atoms with Crippen molar-refractivity contribution in [2.45, 2.75) is 24.5 Å². The number of nitrogens with zero attached hydrogens (tertiary/aromatic N) is 2. The van der Waals surface area contributed by atoms with Crippen molar-refractivity contribution in [3.05, 3.63) is 84.2 Å². The number of anilines is 1. The second-order valence-electron chi connectivity index (χ2n) is 8.42. The number of nitrogens with one attached hydrogen (secondary N) is 1. The number of methoxy groups -OCH3 is 2. The molecule has 1 aromatic heterocycles. The average Bonchev–Trinajstić information content (AvgIpc) is 3.30. The first kappa shape index (κ1) is 26.4.